The van der Waals surface area contributed by atoms with Gasteiger partial charge in [0.2, 0.25) is 0 Å². The van der Waals surface area contributed by atoms with Gasteiger partial charge in [0.1, 0.15) is 5.82 Å². The maximum absolute atomic E-state index is 6.45. The zero-order valence-corrected chi connectivity index (χ0v) is 23.8. The van der Waals surface area contributed by atoms with Crippen LogP contribution in [0.2, 0.25) is 0 Å². The molecule has 1 aliphatic rings. The second-order valence-corrected chi connectivity index (χ2v) is 10.3. The maximum atomic E-state index is 6.45. The smallest absolute Gasteiger partial charge is 0.779 e. The van der Waals surface area contributed by atoms with Crippen molar-refractivity contribution in [2.24, 2.45) is 7.05 Å². The van der Waals surface area contributed by atoms with Crippen molar-refractivity contribution in [1.29, 1.82) is 0 Å². The van der Waals surface area contributed by atoms with Gasteiger partial charge in [-0.25, -0.2) is 14.6 Å². The third-order valence-electron chi connectivity index (χ3n) is 6.95. The minimum absolute atomic E-state index is 0. The number of hydrogen-bond donors (Lipinski definition) is 1. The number of aryl methyl sites for hydroxylation is 1. The van der Waals surface area contributed by atoms with E-state index in [-0.39, 0.29) is 21.1 Å². The molecule has 8 bridgehead atoms. The van der Waals surface area contributed by atoms with Gasteiger partial charge in [0.05, 0.1) is 17.6 Å². The van der Waals surface area contributed by atoms with Crippen LogP contribution in [0.4, 0.5) is 0 Å². The summed E-state index contributed by atoms with van der Waals surface area (Å²) in [6.07, 6.45) is 3.89. The van der Waals surface area contributed by atoms with E-state index < -0.39 is 5.41 Å². The molecule has 8 heteroatoms. The molecule has 0 saturated heterocycles. The fourth-order valence-corrected chi connectivity index (χ4v) is 6.02. The van der Waals surface area contributed by atoms with E-state index in [1.165, 1.54) is 0 Å². The van der Waals surface area contributed by atoms with Crippen molar-refractivity contribution in [3.63, 3.8) is 0 Å². The fourth-order valence-electron chi connectivity index (χ4n) is 5.05. The summed E-state index contributed by atoms with van der Waals surface area (Å²) in [5.41, 5.74) is 6.91. The van der Waals surface area contributed by atoms with Crippen LogP contribution < -0.4 is 5.84 Å². The average Bonchev–Trinajstić information content (AvgIpc) is 3.41. The van der Waals surface area contributed by atoms with Gasteiger partial charge in [-0.05, 0) is 5.56 Å². The predicted molar refractivity (Wildman–Crippen MR) is 144 cm³/mol. The summed E-state index contributed by atoms with van der Waals surface area (Å²) >= 11 is 12.1. The molecule has 0 fully saturated rings. The molecule has 0 spiro atoms. The van der Waals surface area contributed by atoms with Crippen LogP contribution in [0.25, 0.3) is 45.3 Å². The van der Waals surface area contributed by atoms with Crippen LogP contribution in [0.5, 0.6) is 0 Å². The molecule has 182 valence electrons. The molecule has 0 aliphatic carbocycles. The fraction of sp³-hybridized carbons (Fsp3) is 0.143. The Hall–Kier alpha value is -2.99. The molecule has 6 rings (SSSR count). The molecule has 3 aromatic carbocycles. The Bertz CT molecular complexity index is 1510. The molecular weight excluding hydrogens is 666 g/mol. The van der Waals surface area contributed by atoms with Crippen molar-refractivity contribution in [2.75, 3.05) is 5.84 Å². The Morgan fingerprint density at radius 2 is 1.17 bits per heavy atom. The number of nitrogen functional groups attached to an aromatic ring is 1. The first kappa shape index (κ1) is 24.7. The van der Waals surface area contributed by atoms with E-state index in [9.17, 15) is 0 Å². The molecule has 2 aromatic heterocycles. The number of imidazole rings is 2. The summed E-state index contributed by atoms with van der Waals surface area (Å²) in [4.78, 5) is 11.5. The van der Waals surface area contributed by atoms with E-state index in [0.29, 0.717) is 5.82 Å². The molecule has 3 heterocycles. The minimum Gasteiger partial charge on any atom is -0.779 e. The van der Waals surface area contributed by atoms with Gasteiger partial charge in [-0.2, -0.15) is 9.79 Å². The number of hydrogen-bond acceptors (Lipinski definition) is 5. The van der Waals surface area contributed by atoms with E-state index in [0.717, 1.165) is 60.4 Å². The number of benzene rings is 3. The van der Waals surface area contributed by atoms with Crippen LogP contribution in [0.15, 0.2) is 82.8 Å². The summed E-state index contributed by atoms with van der Waals surface area (Å²) in [5, 5.41) is 0. The van der Waals surface area contributed by atoms with Crippen LogP contribution in [0.3, 0.4) is 0 Å². The van der Waals surface area contributed by atoms with Gasteiger partial charge in [-0.15, -0.1) is 0 Å². The van der Waals surface area contributed by atoms with E-state index in [2.05, 4.69) is 32.0 Å². The van der Waals surface area contributed by atoms with Crippen LogP contribution in [-0.2, 0) is 58.8 Å². The Labute approximate surface area is 235 Å². The Balaban J connectivity index is 0.00000267. The van der Waals surface area contributed by atoms with E-state index in [1.54, 1.807) is 4.68 Å². The molecule has 5 nitrogen and oxygen atoms in total. The zero-order chi connectivity index (χ0) is 24.5. The van der Waals surface area contributed by atoms with Crippen molar-refractivity contribution in [1.82, 2.24) is 19.2 Å². The zero-order valence-electron chi connectivity index (χ0n) is 19.9. The van der Waals surface area contributed by atoms with Gasteiger partial charge in [-0.1, -0.05) is 85.6 Å². The molecule has 36 heavy (non-hydrogen) atoms. The summed E-state index contributed by atoms with van der Waals surface area (Å²) in [7, 11) is 2.00. The molecule has 0 radical (unpaired) electrons. The summed E-state index contributed by atoms with van der Waals surface area (Å²) in [6, 6.07) is 20.4. The third-order valence-corrected chi connectivity index (χ3v) is 7.83. The summed E-state index contributed by atoms with van der Waals surface area (Å²) < 4.78 is 3.59. The van der Waals surface area contributed by atoms with E-state index in [4.69, 9.17) is 41.1 Å². The molecular formula is C28H23N5PtS2. The molecule has 5 aromatic rings. The number of rotatable bonds is 0. The van der Waals surface area contributed by atoms with Crippen LogP contribution in [0, 0.1) is 0 Å². The predicted octanol–water partition coefficient (Wildman–Crippen LogP) is 5.45. The first-order valence-corrected chi connectivity index (χ1v) is 12.2. The van der Waals surface area contributed by atoms with Crippen LogP contribution in [-0.4, -0.2) is 19.2 Å². The van der Waals surface area contributed by atoms with Gasteiger partial charge in [0, 0.05) is 35.3 Å². The molecule has 1 aliphatic heterocycles. The van der Waals surface area contributed by atoms with Crippen molar-refractivity contribution >= 4 is 25.3 Å². The van der Waals surface area contributed by atoms with Crippen molar-refractivity contribution in [2.45, 2.75) is 29.1 Å². The largest absolute Gasteiger partial charge is 2.00 e. The SMILES string of the molecule is Cn1cc2nc1-c1cccc(c1[S-])C(C)(C)c1cccc(c1[S-])-c1nc(cn1N)-c1ccccc1-2.[Pt+2]. The van der Waals surface area contributed by atoms with Gasteiger partial charge in [0.25, 0.3) is 0 Å². The second kappa shape index (κ2) is 8.84. The summed E-state index contributed by atoms with van der Waals surface area (Å²) in [5.74, 6) is 7.90. The normalized spacial score (nSPS) is 13.2. The topological polar surface area (TPSA) is 61.7 Å². The van der Waals surface area contributed by atoms with Crippen LogP contribution in [0.1, 0.15) is 25.0 Å². The Morgan fingerprint density at radius 3 is 1.75 bits per heavy atom. The standard InChI is InChI=1S/C28H25N5S2.Pt/c1-28(2)20-12-6-10-18(24(20)34)26-30-22(14-32(26)3)16-8-4-5-9-17(16)23-15-33(29)27(31-23)19-11-7-13-21(28)25(19)35;/h4-15,34-35H,29H2,1-3H3;/q;+2/p-2. The third kappa shape index (κ3) is 3.61. The van der Waals surface area contributed by atoms with Crippen molar-refractivity contribution in [3.8, 4) is 45.3 Å². The van der Waals surface area contributed by atoms with Gasteiger partial charge < -0.3 is 35.7 Å². The second-order valence-electron chi connectivity index (χ2n) is 9.45. The van der Waals surface area contributed by atoms with E-state index in [1.807, 2.05) is 66.5 Å². The molecule has 0 saturated carbocycles. The van der Waals surface area contributed by atoms with E-state index >= 15 is 0 Å². The quantitative estimate of drug-likeness (QED) is 0.174. The minimum atomic E-state index is -0.438. The number of fused-ring (bicyclic) bond motifs is 13. The summed E-state index contributed by atoms with van der Waals surface area (Å²) in [6.45, 7) is 4.32. The molecule has 2 N–H and O–H groups in total. The first-order valence-electron chi connectivity index (χ1n) is 11.4. The monoisotopic (exact) mass is 688 g/mol. The number of aromatic nitrogens is 4. The Kier molecular flexibility index (Phi) is 6.06. The molecule has 0 atom stereocenters. The molecule has 0 unspecified atom stereocenters. The van der Waals surface area contributed by atoms with Gasteiger partial charge >= 0.3 is 21.1 Å². The number of nitrogens with two attached hydrogens (primary N) is 1. The Morgan fingerprint density at radius 1 is 0.694 bits per heavy atom. The van der Waals surface area contributed by atoms with Crippen molar-refractivity contribution in [3.05, 3.63) is 84.2 Å². The van der Waals surface area contributed by atoms with Crippen molar-refractivity contribution < 1.29 is 21.1 Å². The first-order chi connectivity index (χ1) is 16.8. The van der Waals surface area contributed by atoms with Gasteiger partial charge in [0.15, 0.2) is 5.82 Å². The average molecular weight is 689 g/mol. The van der Waals surface area contributed by atoms with Gasteiger partial charge in [-0.3, -0.25) is 0 Å². The molecule has 0 amide bonds. The maximum Gasteiger partial charge on any atom is 2.00 e. The number of nitrogens with zero attached hydrogens (tertiary/aromatic N) is 4. The van der Waals surface area contributed by atoms with Crippen LogP contribution >= 0.6 is 0 Å².